The first-order valence-corrected chi connectivity index (χ1v) is 6.66. The highest BCUT2D eigenvalue weighted by Gasteiger charge is 2.18. The summed E-state index contributed by atoms with van der Waals surface area (Å²) in [5.74, 6) is 0.475. The van der Waals surface area contributed by atoms with Crippen molar-refractivity contribution in [3.63, 3.8) is 0 Å². The lowest BCUT2D eigenvalue weighted by atomic mass is 10.0. The SMILES string of the molecule is CNC(c1ccc(F)cn1)c1ccccc1OC(C)C. The Bertz CT molecular complexity index is 555. The molecule has 0 aliphatic rings. The van der Waals surface area contributed by atoms with Gasteiger partial charge in [0, 0.05) is 5.56 Å². The normalized spacial score (nSPS) is 12.4. The van der Waals surface area contributed by atoms with Crippen molar-refractivity contribution in [2.75, 3.05) is 7.05 Å². The van der Waals surface area contributed by atoms with Crippen molar-refractivity contribution in [3.05, 3.63) is 59.7 Å². The van der Waals surface area contributed by atoms with E-state index in [0.29, 0.717) is 0 Å². The fraction of sp³-hybridized carbons (Fsp3) is 0.312. The second kappa shape index (κ2) is 6.48. The van der Waals surface area contributed by atoms with Gasteiger partial charge in [0.15, 0.2) is 0 Å². The molecule has 0 saturated heterocycles. The first-order valence-electron chi connectivity index (χ1n) is 6.66. The maximum absolute atomic E-state index is 13.0. The van der Waals surface area contributed by atoms with Crippen molar-refractivity contribution in [2.24, 2.45) is 0 Å². The van der Waals surface area contributed by atoms with Crippen LogP contribution in [-0.2, 0) is 0 Å². The molecule has 1 aromatic carbocycles. The van der Waals surface area contributed by atoms with Gasteiger partial charge in [-0.3, -0.25) is 4.98 Å². The summed E-state index contributed by atoms with van der Waals surface area (Å²) >= 11 is 0. The van der Waals surface area contributed by atoms with E-state index in [2.05, 4.69) is 10.3 Å². The molecule has 0 aliphatic carbocycles. The number of hydrogen-bond acceptors (Lipinski definition) is 3. The van der Waals surface area contributed by atoms with Crippen LogP contribution in [0.15, 0.2) is 42.6 Å². The van der Waals surface area contributed by atoms with Crippen molar-refractivity contribution in [3.8, 4) is 5.75 Å². The molecule has 4 heteroatoms. The van der Waals surface area contributed by atoms with Crippen molar-refractivity contribution in [1.29, 1.82) is 0 Å². The Kier molecular flexibility index (Phi) is 4.69. The summed E-state index contributed by atoms with van der Waals surface area (Å²) in [6.45, 7) is 3.97. The molecule has 1 unspecified atom stereocenters. The van der Waals surface area contributed by atoms with E-state index >= 15 is 0 Å². The molecule has 1 atom stereocenters. The van der Waals surface area contributed by atoms with Crippen LogP contribution in [0.1, 0.15) is 31.1 Å². The topological polar surface area (TPSA) is 34.2 Å². The standard InChI is InChI=1S/C16H19FN2O/c1-11(2)20-15-7-5-4-6-13(15)16(18-3)14-9-8-12(17)10-19-14/h4-11,16,18H,1-3H3. The highest BCUT2D eigenvalue weighted by molar-refractivity contribution is 5.40. The van der Waals surface area contributed by atoms with E-state index in [1.807, 2.05) is 45.2 Å². The molecule has 0 saturated carbocycles. The number of pyridine rings is 1. The number of nitrogens with zero attached hydrogens (tertiary/aromatic N) is 1. The molecule has 0 radical (unpaired) electrons. The van der Waals surface area contributed by atoms with Crippen LogP contribution in [0, 0.1) is 5.82 Å². The van der Waals surface area contributed by atoms with Crippen LogP contribution in [0.3, 0.4) is 0 Å². The highest BCUT2D eigenvalue weighted by Crippen LogP contribution is 2.29. The number of rotatable bonds is 5. The minimum absolute atomic E-state index is 0.0924. The predicted molar refractivity (Wildman–Crippen MR) is 77.3 cm³/mol. The fourth-order valence-corrected chi connectivity index (χ4v) is 2.10. The van der Waals surface area contributed by atoms with Crippen LogP contribution in [0.5, 0.6) is 5.75 Å². The highest BCUT2D eigenvalue weighted by atomic mass is 19.1. The molecule has 0 amide bonds. The first kappa shape index (κ1) is 14.5. The molecule has 0 aliphatic heterocycles. The second-order valence-corrected chi connectivity index (χ2v) is 4.83. The van der Waals surface area contributed by atoms with Crippen molar-refractivity contribution < 1.29 is 9.13 Å². The van der Waals surface area contributed by atoms with Gasteiger partial charge in [0.1, 0.15) is 11.6 Å². The molecular weight excluding hydrogens is 255 g/mol. The number of halogens is 1. The van der Waals surface area contributed by atoms with Crippen molar-refractivity contribution >= 4 is 0 Å². The van der Waals surface area contributed by atoms with E-state index < -0.39 is 0 Å². The van der Waals surface area contributed by atoms with Crippen LogP contribution in [0.2, 0.25) is 0 Å². The summed E-state index contributed by atoms with van der Waals surface area (Å²) in [5.41, 5.74) is 1.75. The van der Waals surface area contributed by atoms with Crippen LogP contribution in [-0.4, -0.2) is 18.1 Å². The van der Waals surface area contributed by atoms with E-state index in [9.17, 15) is 4.39 Å². The third-order valence-electron chi connectivity index (χ3n) is 2.93. The number of benzene rings is 1. The van der Waals surface area contributed by atoms with Gasteiger partial charge in [-0.25, -0.2) is 4.39 Å². The van der Waals surface area contributed by atoms with E-state index in [0.717, 1.165) is 17.0 Å². The Morgan fingerprint density at radius 1 is 1.15 bits per heavy atom. The number of aromatic nitrogens is 1. The molecule has 20 heavy (non-hydrogen) atoms. The summed E-state index contributed by atoms with van der Waals surface area (Å²) in [7, 11) is 1.85. The number of hydrogen-bond donors (Lipinski definition) is 1. The van der Waals surface area contributed by atoms with Crippen molar-refractivity contribution in [2.45, 2.75) is 26.0 Å². The number of nitrogens with one attached hydrogen (secondary N) is 1. The van der Waals surface area contributed by atoms with E-state index in [1.165, 1.54) is 12.3 Å². The predicted octanol–water partition coefficient (Wildman–Crippen LogP) is 3.32. The van der Waals surface area contributed by atoms with Gasteiger partial charge in [-0.05, 0) is 39.1 Å². The zero-order chi connectivity index (χ0) is 14.5. The summed E-state index contributed by atoms with van der Waals surface area (Å²) in [4.78, 5) is 4.15. The van der Waals surface area contributed by atoms with Crippen LogP contribution >= 0.6 is 0 Å². The van der Waals surface area contributed by atoms with E-state index in [4.69, 9.17) is 4.74 Å². The Morgan fingerprint density at radius 3 is 2.50 bits per heavy atom. The Balaban J connectivity index is 2.38. The quantitative estimate of drug-likeness (QED) is 0.908. The molecular formula is C16H19FN2O. The van der Waals surface area contributed by atoms with Crippen LogP contribution < -0.4 is 10.1 Å². The average molecular weight is 274 g/mol. The zero-order valence-electron chi connectivity index (χ0n) is 11.9. The third-order valence-corrected chi connectivity index (χ3v) is 2.93. The summed E-state index contributed by atoms with van der Waals surface area (Å²) in [6, 6.07) is 10.8. The van der Waals surface area contributed by atoms with Crippen LogP contribution in [0.25, 0.3) is 0 Å². The molecule has 1 N–H and O–H groups in total. The lowest BCUT2D eigenvalue weighted by Gasteiger charge is -2.21. The van der Waals surface area contributed by atoms with Crippen molar-refractivity contribution in [1.82, 2.24) is 10.3 Å². The van der Waals surface area contributed by atoms with Gasteiger partial charge in [0.05, 0.1) is 24.0 Å². The van der Waals surface area contributed by atoms with Gasteiger partial charge in [-0.15, -0.1) is 0 Å². The fourth-order valence-electron chi connectivity index (χ4n) is 2.10. The Hall–Kier alpha value is -1.94. The molecule has 2 rings (SSSR count). The van der Waals surface area contributed by atoms with E-state index in [-0.39, 0.29) is 18.0 Å². The van der Waals surface area contributed by atoms with Gasteiger partial charge in [-0.1, -0.05) is 18.2 Å². The first-order chi connectivity index (χ1) is 9.61. The van der Waals surface area contributed by atoms with Gasteiger partial charge in [0.2, 0.25) is 0 Å². The summed E-state index contributed by atoms with van der Waals surface area (Å²) in [6.07, 6.45) is 1.32. The van der Waals surface area contributed by atoms with Gasteiger partial charge >= 0.3 is 0 Å². The minimum Gasteiger partial charge on any atom is -0.491 e. The van der Waals surface area contributed by atoms with E-state index in [1.54, 1.807) is 6.07 Å². The monoisotopic (exact) mass is 274 g/mol. The zero-order valence-corrected chi connectivity index (χ0v) is 11.9. The minimum atomic E-state index is -0.338. The third kappa shape index (κ3) is 3.33. The molecule has 1 aromatic heterocycles. The lowest BCUT2D eigenvalue weighted by molar-refractivity contribution is 0.238. The second-order valence-electron chi connectivity index (χ2n) is 4.83. The maximum Gasteiger partial charge on any atom is 0.141 e. The average Bonchev–Trinajstić information content (AvgIpc) is 2.43. The smallest absolute Gasteiger partial charge is 0.141 e. The Morgan fingerprint density at radius 2 is 1.90 bits per heavy atom. The van der Waals surface area contributed by atoms with Gasteiger partial charge in [-0.2, -0.15) is 0 Å². The van der Waals surface area contributed by atoms with Gasteiger partial charge in [0.25, 0.3) is 0 Å². The largest absolute Gasteiger partial charge is 0.491 e. The molecule has 2 aromatic rings. The molecule has 106 valence electrons. The molecule has 3 nitrogen and oxygen atoms in total. The molecule has 1 heterocycles. The lowest BCUT2D eigenvalue weighted by Crippen LogP contribution is -2.20. The maximum atomic E-state index is 13.0. The number of para-hydroxylation sites is 1. The molecule has 0 bridgehead atoms. The summed E-state index contributed by atoms with van der Waals surface area (Å²) < 4.78 is 18.8. The number of ether oxygens (including phenoxy) is 1. The van der Waals surface area contributed by atoms with Gasteiger partial charge < -0.3 is 10.1 Å². The Labute approximate surface area is 118 Å². The molecule has 0 fully saturated rings. The summed E-state index contributed by atoms with van der Waals surface area (Å²) in [5, 5.41) is 3.20. The molecule has 0 spiro atoms. The van der Waals surface area contributed by atoms with Crippen LogP contribution in [0.4, 0.5) is 4.39 Å².